The Balaban J connectivity index is 2.05. The van der Waals surface area contributed by atoms with Crippen LogP contribution in [-0.4, -0.2) is 34.8 Å². The first-order valence-corrected chi connectivity index (χ1v) is 7.96. The van der Waals surface area contributed by atoms with Crippen molar-refractivity contribution in [3.05, 3.63) is 10.8 Å². The highest BCUT2D eigenvalue weighted by molar-refractivity contribution is 9.10. The minimum Gasteiger partial charge on any atom is -0.473 e. The number of nitrogens with zero attached hydrogens (tertiary/aromatic N) is 2. The van der Waals surface area contributed by atoms with E-state index in [0.717, 1.165) is 36.1 Å². The lowest BCUT2D eigenvalue weighted by molar-refractivity contribution is -0.0731. The molecule has 1 fully saturated rings. The molecule has 20 heavy (non-hydrogen) atoms. The van der Waals surface area contributed by atoms with Crippen LogP contribution >= 0.6 is 15.9 Å². The van der Waals surface area contributed by atoms with Crippen LogP contribution in [0.3, 0.4) is 0 Å². The third kappa shape index (κ3) is 4.06. The Morgan fingerprint density at radius 3 is 2.70 bits per heavy atom. The van der Waals surface area contributed by atoms with Gasteiger partial charge in [-0.3, -0.25) is 0 Å². The molecule has 6 heteroatoms. The monoisotopic (exact) mass is 343 g/mol. The molecule has 1 aromatic rings. The predicted molar refractivity (Wildman–Crippen MR) is 82.2 cm³/mol. The van der Waals surface area contributed by atoms with Gasteiger partial charge in [0.1, 0.15) is 22.7 Å². The summed E-state index contributed by atoms with van der Waals surface area (Å²) >= 11 is 3.52. The van der Waals surface area contributed by atoms with Crippen molar-refractivity contribution in [2.24, 2.45) is 0 Å². The summed E-state index contributed by atoms with van der Waals surface area (Å²) in [5, 5.41) is 3.26. The average molecular weight is 344 g/mol. The van der Waals surface area contributed by atoms with Gasteiger partial charge in [-0.25, -0.2) is 9.97 Å². The van der Waals surface area contributed by atoms with Crippen molar-refractivity contribution < 1.29 is 9.47 Å². The second-order valence-corrected chi connectivity index (χ2v) is 6.03. The number of aromatic nitrogens is 2. The van der Waals surface area contributed by atoms with Crippen molar-refractivity contribution in [3.8, 4) is 5.88 Å². The van der Waals surface area contributed by atoms with E-state index in [1.165, 1.54) is 6.33 Å². The topological polar surface area (TPSA) is 56.3 Å². The van der Waals surface area contributed by atoms with Crippen LogP contribution in [0.1, 0.15) is 40.0 Å². The SMILES string of the molecule is CCCNc1ncnc(OC2CC(C)OC(C)C2)c1Br. The molecule has 0 spiro atoms. The molecule has 5 nitrogen and oxygen atoms in total. The first-order valence-electron chi connectivity index (χ1n) is 7.16. The molecule has 112 valence electrons. The van der Waals surface area contributed by atoms with Crippen molar-refractivity contribution >= 4 is 21.7 Å². The molecule has 1 aliphatic heterocycles. The van der Waals surface area contributed by atoms with Gasteiger partial charge in [0.05, 0.1) is 12.2 Å². The largest absolute Gasteiger partial charge is 0.473 e. The molecule has 1 aromatic heterocycles. The van der Waals surface area contributed by atoms with Gasteiger partial charge in [0.15, 0.2) is 0 Å². The van der Waals surface area contributed by atoms with Gasteiger partial charge in [0.25, 0.3) is 0 Å². The normalized spacial score (nSPS) is 26.3. The fourth-order valence-corrected chi connectivity index (χ4v) is 2.84. The van der Waals surface area contributed by atoms with Crippen molar-refractivity contribution in [2.75, 3.05) is 11.9 Å². The van der Waals surface area contributed by atoms with Gasteiger partial charge in [0, 0.05) is 19.4 Å². The Morgan fingerprint density at radius 1 is 1.35 bits per heavy atom. The van der Waals surface area contributed by atoms with Crippen molar-refractivity contribution in [3.63, 3.8) is 0 Å². The highest BCUT2D eigenvalue weighted by Crippen LogP contribution is 2.31. The van der Waals surface area contributed by atoms with Gasteiger partial charge in [-0.05, 0) is 36.2 Å². The van der Waals surface area contributed by atoms with E-state index in [0.29, 0.717) is 5.88 Å². The first-order chi connectivity index (χ1) is 9.60. The van der Waals surface area contributed by atoms with E-state index in [4.69, 9.17) is 9.47 Å². The van der Waals surface area contributed by atoms with Crippen LogP contribution in [0.4, 0.5) is 5.82 Å². The van der Waals surface area contributed by atoms with Crippen molar-refractivity contribution in [2.45, 2.75) is 58.3 Å². The molecule has 2 unspecified atom stereocenters. The zero-order valence-corrected chi connectivity index (χ0v) is 13.8. The maximum absolute atomic E-state index is 6.03. The Kier molecular flexibility index (Phi) is 5.60. The van der Waals surface area contributed by atoms with E-state index in [9.17, 15) is 0 Å². The molecule has 0 radical (unpaired) electrons. The maximum Gasteiger partial charge on any atom is 0.233 e. The van der Waals surface area contributed by atoms with Gasteiger partial charge in [0.2, 0.25) is 5.88 Å². The number of hydrogen-bond acceptors (Lipinski definition) is 5. The van der Waals surface area contributed by atoms with Gasteiger partial charge >= 0.3 is 0 Å². The molecule has 1 N–H and O–H groups in total. The molecule has 0 aliphatic carbocycles. The van der Waals surface area contributed by atoms with Gasteiger partial charge in [-0.15, -0.1) is 0 Å². The lowest BCUT2D eigenvalue weighted by Gasteiger charge is -2.32. The highest BCUT2D eigenvalue weighted by Gasteiger charge is 2.27. The highest BCUT2D eigenvalue weighted by atomic mass is 79.9. The summed E-state index contributed by atoms with van der Waals surface area (Å²) in [4.78, 5) is 8.46. The van der Waals surface area contributed by atoms with Crippen LogP contribution in [0.5, 0.6) is 5.88 Å². The number of nitrogens with one attached hydrogen (secondary N) is 1. The molecule has 2 rings (SSSR count). The number of rotatable bonds is 5. The van der Waals surface area contributed by atoms with E-state index >= 15 is 0 Å². The van der Waals surface area contributed by atoms with E-state index < -0.39 is 0 Å². The average Bonchev–Trinajstić information content (AvgIpc) is 2.38. The fraction of sp³-hybridized carbons (Fsp3) is 0.714. The Hall–Kier alpha value is -0.880. The Morgan fingerprint density at radius 2 is 2.05 bits per heavy atom. The summed E-state index contributed by atoms with van der Waals surface area (Å²) in [7, 11) is 0. The van der Waals surface area contributed by atoms with Crippen LogP contribution in [0.15, 0.2) is 10.8 Å². The fourth-order valence-electron chi connectivity index (χ4n) is 2.40. The molecule has 2 atom stereocenters. The Labute approximate surface area is 128 Å². The molecule has 0 amide bonds. The van der Waals surface area contributed by atoms with Crippen LogP contribution in [0, 0.1) is 0 Å². The third-order valence-corrected chi connectivity index (χ3v) is 3.95. The third-order valence-electron chi connectivity index (χ3n) is 3.23. The first kappa shape index (κ1) is 15.5. The zero-order valence-electron chi connectivity index (χ0n) is 12.2. The van der Waals surface area contributed by atoms with E-state index in [1.54, 1.807) is 0 Å². The minimum atomic E-state index is 0.138. The summed E-state index contributed by atoms with van der Waals surface area (Å²) in [5.74, 6) is 1.38. The van der Waals surface area contributed by atoms with Crippen LogP contribution < -0.4 is 10.1 Å². The number of ether oxygens (including phenoxy) is 2. The van der Waals surface area contributed by atoms with Crippen LogP contribution in [-0.2, 0) is 4.74 Å². The number of halogens is 1. The second-order valence-electron chi connectivity index (χ2n) is 5.24. The zero-order chi connectivity index (χ0) is 14.5. The number of anilines is 1. The van der Waals surface area contributed by atoms with Crippen molar-refractivity contribution in [1.29, 1.82) is 0 Å². The minimum absolute atomic E-state index is 0.138. The summed E-state index contributed by atoms with van der Waals surface area (Å²) < 4.78 is 12.5. The number of hydrogen-bond donors (Lipinski definition) is 1. The molecular weight excluding hydrogens is 322 g/mol. The van der Waals surface area contributed by atoms with Crippen LogP contribution in [0.25, 0.3) is 0 Å². The molecule has 1 saturated heterocycles. The summed E-state index contributed by atoms with van der Waals surface area (Å²) in [6, 6.07) is 0. The Bertz CT molecular complexity index is 434. The molecule has 0 bridgehead atoms. The van der Waals surface area contributed by atoms with E-state index in [2.05, 4.69) is 52.0 Å². The second kappa shape index (κ2) is 7.22. The lowest BCUT2D eigenvalue weighted by Crippen LogP contribution is -2.36. The molecule has 2 heterocycles. The quantitative estimate of drug-likeness (QED) is 0.887. The van der Waals surface area contributed by atoms with E-state index in [-0.39, 0.29) is 18.3 Å². The van der Waals surface area contributed by atoms with E-state index in [1.807, 2.05) is 0 Å². The molecular formula is C14H22BrN3O2. The summed E-state index contributed by atoms with van der Waals surface area (Å²) in [6.45, 7) is 7.15. The van der Waals surface area contributed by atoms with Gasteiger partial charge < -0.3 is 14.8 Å². The standard InChI is InChI=1S/C14H22BrN3O2/c1-4-5-16-13-12(15)14(18-8-17-13)20-11-6-9(2)19-10(3)7-11/h8-11H,4-7H2,1-3H3,(H,16,17,18). The lowest BCUT2D eigenvalue weighted by atomic mass is 10.0. The molecule has 1 aliphatic rings. The molecule has 0 aromatic carbocycles. The van der Waals surface area contributed by atoms with Gasteiger partial charge in [-0.1, -0.05) is 6.92 Å². The summed E-state index contributed by atoms with van der Waals surface area (Å²) in [6.07, 6.45) is 4.94. The molecule has 0 saturated carbocycles. The summed E-state index contributed by atoms with van der Waals surface area (Å²) in [5.41, 5.74) is 0. The van der Waals surface area contributed by atoms with Crippen molar-refractivity contribution in [1.82, 2.24) is 9.97 Å². The maximum atomic E-state index is 6.03. The predicted octanol–water partition coefficient (Wildman–Crippen LogP) is 3.40. The van der Waals surface area contributed by atoms with Gasteiger partial charge in [-0.2, -0.15) is 0 Å². The van der Waals surface area contributed by atoms with Crippen LogP contribution in [0.2, 0.25) is 0 Å². The smallest absolute Gasteiger partial charge is 0.233 e.